The van der Waals surface area contributed by atoms with Gasteiger partial charge < -0.3 is 10.6 Å². The molecule has 1 heterocycles. The van der Waals surface area contributed by atoms with Crippen LogP contribution in [0.1, 0.15) is 41.9 Å². The minimum atomic E-state index is 0. The number of aryl methyl sites for hydroxylation is 1. The first kappa shape index (κ1) is 22.1. The minimum Gasteiger partial charge on any atom is -0.354 e. The lowest BCUT2D eigenvalue weighted by molar-refractivity contribution is 0.198. The summed E-state index contributed by atoms with van der Waals surface area (Å²) in [6, 6.07) is 20.5. The Morgan fingerprint density at radius 1 is 1.00 bits per heavy atom. The van der Waals surface area contributed by atoms with E-state index in [4.69, 9.17) is 0 Å². The Morgan fingerprint density at radius 3 is 2.38 bits per heavy atom. The molecule has 0 bridgehead atoms. The van der Waals surface area contributed by atoms with Gasteiger partial charge in [0.1, 0.15) is 0 Å². The molecule has 2 unspecified atom stereocenters. The fourth-order valence-electron chi connectivity index (χ4n) is 4.23. The number of piperidine rings is 1. The third kappa shape index (κ3) is 5.95. The van der Waals surface area contributed by atoms with Gasteiger partial charge in [0.05, 0.1) is 0 Å². The number of rotatable bonds is 5. The van der Waals surface area contributed by atoms with Crippen LogP contribution in [0, 0.1) is 6.92 Å². The zero-order chi connectivity index (χ0) is 19.3. The van der Waals surface area contributed by atoms with Crippen molar-refractivity contribution < 1.29 is 0 Å². The highest BCUT2D eigenvalue weighted by molar-refractivity contribution is 14.0. The van der Waals surface area contributed by atoms with Crippen LogP contribution in [0.5, 0.6) is 0 Å². The second kappa shape index (κ2) is 10.4. The molecule has 0 aromatic heterocycles. The number of guanidine groups is 1. The molecule has 2 atom stereocenters. The monoisotopic (exact) mass is 504 g/mol. The quantitative estimate of drug-likeness (QED) is 0.363. The molecule has 2 aliphatic rings. The summed E-state index contributed by atoms with van der Waals surface area (Å²) >= 11 is 0. The molecule has 1 aliphatic heterocycles. The number of halogens is 1. The molecule has 0 amide bonds. The van der Waals surface area contributed by atoms with E-state index < -0.39 is 0 Å². The van der Waals surface area contributed by atoms with Crippen LogP contribution in [0.15, 0.2) is 59.6 Å². The van der Waals surface area contributed by atoms with Crippen LogP contribution >= 0.6 is 24.0 Å². The first-order chi connectivity index (χ1) is 13.7. The van der Waals surface area contributed by atoms with E-state index in [1.54, 1.807) is 0 Å². The van der Waals surface area contributed by atoms with Crippen molar-refractivity contribution in [2.24, 2.45) is 4.99 Å². The highest BCUT2D eigenvalue weighted by Gasteiger charge is 2.39. The molecule has 1 aliphatic carbocycles. The topological polar surface area (TPSA) is 39.7 Å². The maximum absolute atomic E-state index is 4.47. The van der Waals surface area contributed by atoms with E-state index in [2.05, 4.69) is 82.0 Å². The van der Waals surface area contributed by atoms with Gasteiger partial charge in [-0.2, -0.15) is 0 Å². The van der Waals surface area contributed by atoms with Gasteiger partial charge in [-0.1, -0.05) is 54.6 Å². The van der Waals surface area contributed by atoms with Crippen LogP contribution < -0.4 is 10.6 Å². The fourth-order valence-corrected chi connectivity index (χ4v) is 4.23. The molecule has 0 spiro atoms. The van der Waals surface area contributed by atoms with E-state index in [0.29, 0.717) is 18.0 Å². The molecule has 2 N–H and O–H groups in total. The van der Waals surface area contributed by atoms with Gasteiger partial charge in [0.25, 0.3) is 0 Å². The van der Waals surface area contributed by atoms with Crippen LogP contribution in [0.3, 0.4) is 0 Å². The maximum atomic E-state index is 4.47. The number of aliphatic imine (C=N–C) groups is 1. The lowest BCUT2D eigenvalue weighted by Gasteiger charge is -2.33. The second-order valence-corrected chi connectivity index (χ2v) is 8.20. The highest BCUT2D eigenvalue weighted by Crippen LogP contribution is 2.40. The second-order valence-electron chi connectivity index (χ2n) is 8.20. The summed E-state index contributed by atoms with van der Waals surface area (Å²) in [5.41, 5.74) is 4.27. The van der Waals surface area contributed by atoms with Gasteiger partial charge in [0, 0.05) is 44.7 Å². The zero-order valence-electron chi connectivity index (χ0n) is 17.5. The van der Waals surface area contributed by atoms with Gasteiger partial charge in [-0.25, -0.2) is 0 Å². The van der Waals surface area contributed by atoms with Gasteiger partial charge in [0.2, 0.25) is 0 Å². The van der Waals surface area contributed by atoms with Crippen LogP contribution in [-0.4, -0.2) is 43.1 Å². The van der Waals surface area contributed by atoms with Crippen LogP contribution in [-0.2, 0) is 6.54 Å². The van der Waals surface area contributed by atoms with Crippen molar-refractivity contribution >= 4 is 29.9 Å². The van der Waals surface area contributed by atoms with E-state index in [1.165, 1.54) is 36.0 Å². The third-order valence-corrected chi connectivity index (χ3v) is 6.15. The number of nitrogens with zero attached hydrogens (tertiary/aromatic N) is 2. The Bertz CT molecular complexity index is 800. The third-order valence-electron chi connectivity index (χ3n) is 6.15. The van der Waals surface area contributed by atoms with E-state index in [0.717, 1.165) is 25.6 Å². The number of hydrogen-bond acceptors (Lipinski definition) is 2. The summed E-state index contributed by atoms with van der Waals surface area (Å²) in [5, 5.41) is 7.28. The molecule has 1 saturated heterocycles. The Labute approximate surface area is 192 Å². The van der Waals surface area contributed by atoms with Crippen molar-refractivity contribution in [2.45, 2.75) is 50.7 Å². The van der Waals surface area contributed by atoms with Crippen molar-refractivity contribution in [3.8, 4) is 0 Å². The number of benzene rings is 2. The van der Waals surface area contributed by atoms with Crippen LogP contribution in [0.2, 0.25) is 0 Å². The lowest BCUT2D eigenvalue weighted by atomic mass is 10.0. The van der Waals surface area contributed by atoms with E-state index in [-0.39, 0.29) is 24.0 Å². The van der Waals surface area contributed by atoms with Gasteiger partial charge in [-0.05, 0) is 42.9 Å². The Balaban J connectivity index is 0.00000240. The molecule has 4 rings (SSSR count). The smallest absolute Gasteiger partial charge is 0.191 e. The van der Waals surface area contributed by atoms with Gasteiger partial charge in [-0.3, -0.25) is 9.89 Å². The fraction of sp³-hybridized carbons (Fsp3) is 0.458. The molecule has 2 fully saturated rings. The summed E-state index contributed by atoms with van der Waals surface area (Å²) in [5.74, 6) is 1.58. The molecular formula is C24H33IN4. The molecule has 2 aromatic rings. The number of hydrogen-bond donors (Lipinski definition) is 2. The normalized spacial score (nSPS) is 22.6. The highest BCUT2D eigenvalue weighted by atomic mass is 127. The molecule has 156 valence electrons. The Hall–Kier alpha value is -1.60. The summed E-state index contributed by atoms with van der Waals surface area (Å²) in [7, 11) is 1.88. The Morgan fingerprint density at radius 2 is 1.69 bits per heavy atom. The number of nitrogens with one attached hydrogen (secondary N) is 2. The van der Waals surface area contributed by atoms with Gasteiger partial charge in [-0.15, -0.1) is 24.0 Å². The van der Waals surface area contributed by atoms with E-state index in [9.17, 15) is 0 Å². The van der Waals surface area contributed by atoms with E-state index in [1.807, 2.05) is 7.05 Å². The first-order valence-corrected chi connectivity index (χ1v) is 10.5. The molecule has 0 radical (unpaired) electrons. The zero-order valence-corrected chi connectivity index (χ0v) is 19.8. The molecule has 1 saturated carbocycles. The SMILES string of the molecule is CN=C(NC1CCN(Cc2ccccc2C)CC1)NC1CC1c1ccccc1.I. The standard InChI is InChI=1S/C24H32N4.HI/c1-18-8-6-7-11-20(18)17-28-14-12-21(13-15-28)26-24(25-2)27-23-16-22(23)19-9-4-3-5-10-19;/h3-11,21-23H,12-17H2,1-2H3,(H2,25,26,27);1H. The van der Waals surface area contributed by atoms with Crippen molar-refractivity contribution in [1.82, 2.24) is 15.5 Å². The summed E-state index contributed by atoms with van der Waals surface area (Å²) < 4.78 is 0. The summed E-state index contributed by atoms with van der Waals surface area (Å²) in [6.07, 6.45) is 3.53. The number of likely N-dealkylation sites (tertiary alicyclic amines) is 1. The predicted molar refractivity (Wildman–Crippen MR) is 132 cm³/mol. The predicted octanol–water partition coefficient (Wildman–Crippen LogP) is 4.30. The van der Waals surface area contributed by atoms with E-state index >= 15 is 0 Å². The van der Waals surface area contributed by atoms with Crippen LogP contribution in [0.4, 0.5) is 0 Å². The average molecular weight is 504 g/mol. The molecule has 4 nitrogen and oxygen atoms in total. The van der Waals surface area contributed by atoms with Gasteiger partial charge >= 0.3 is 0 Å². The van der Waals surface area contributed by atoms with Crippen molar-refractivity contribution in [1.29, 1.82) is 0 Å². The molecule has 5 heteroatoms. The summed E-state index contributed by atoms with van der Waals surface area (Å²) in [6.45, 7) is 5.55. The lowest BCUT2D eigenvalue weighted by Crippen LogP contribution is -2.49. The van der Waals surface area contributed by atoms with Crippen molar-refractivity contribution in [2.75, 3.05) is 20.1 Å². The minimum absolute atomic E-state index is 0. The largest absolute Gasteiger partial charge is 0.354 e. The maximum Gasteiger partial charge on any atom is 0.191 e. The van der Waals surface area contributed by atoms with Gasteiger partial charge in [0.15, 0.2) is 5.96 Å². The Kier molecular flexibility index (Phi) is 7.95. The average Bonchev–Trinajstić information content (AvgIpc) is 3.50. The van der Waals surface area contributed by atoms with Crippen LogP contribution in [0.25, 0.3) is 0 Å². The summed E-state index contributed by atoms with van der Waals surface area (Å²) in [4.78, 5) is 7.04. The molecule has 2 aromatic carbocycles. The first-order valence-electron chi connectivity index (χ1n) is 10.5. The van der Waals surface area contributed by atoms with Crippen molar-refractivity contribution in [3.05, 3.63) is 71.3 Å². The molecule has 29 heavy (non-hydrogen) atoms. The molecular weight excluding hydrogens is 471 g/mol. The van der Waals surface area contributed by atoms with Crippen molar-refractivity contribution in [3.63, 3.8) is 0 Å².